The van der Waals surface area contributed by atoms with Gasteiger partial charge in [0.2, 0.25) is 12.4 Å². The van der Waals surface area contributed by atoms with Crippen molar-refractivity contribution in [2.75, 3.05) is 20.3 Å². The number of nitrogens with one attached hydrogen (secondary N) is 3. The quantitative estimate of drug-likeness (QED) is 0.150. The molecule has 0 fully saturated rings. The molecule has 0 unspecified atom stereocenters. The van der Waals surface area contributed by atoms with Crippen LogP contribution in [-0.2, 0) is 22.6 Å². The number of carbonyl (C=O) groups excluding carboxylic acids is 2. The van der Waals surface area contributed by atoms with E-state index in [1.807, 2.05) is 0 Å². The van der Waals surface area contributed by atoms with Gasteiger partial charge in [0.1, 0.15) is 12.4 Å². The van der Waals surface area contributed by atoms with E-state index in [2.05, 4.69) is 20.6 Å². The van der Waals surface area contributed by atoms with Gasteiger partial charge in [-0.05, 0) is 42.3 Å². The van der Waals surface area contributed by atoms with Crippen LogP contribution >= 0.6 is 11.6 Å². The van der Waals surface area contributed by atoms with Gasteiger partial charge in [0.25, 0.3) is 5.56 Å². The number of H-pyrrole nitrogens is 1. The Bertz CT molecular complexity index is 1390. The lowest BCUT2D eigenvalue weighted by atomic mass is 10.1. The van der Waals surface area contributed by atoms with E-state index in [-0.39, 0.29) is 46.4 Å². The zero-order chi connectivity index (χ0) is 28.4. The van der Waals surface area contributed by atoms with E-state index < -0.39 is 17.7 Å². The minimum absolute atomic E-state index is 0.0419. The van der Waals surface area contributed by atoms with Crippen molar-refractivity contribution in [2.24, 2.45) is 4.99 Å². The molecule has 3 N–H and O–H groups in total. The van der Waals surface area contributed by atoms with Crippen molar-refractivity contribution in [3.8, 4) is 5.75 Å². The Labute approximate surface area is 227 Å². The lowest BCUT2D eigenvalue weighted by Gasteiger charge is -2.21. The highest BCUT2D eigenvalue weighted by atomic mass is 35.5. The van der Waals surface area contributed by atoms with Crippen LogP contribution in [0.4, 0.5) is 19.3 Å². The second-order valence-corrected chi connectivity index (χ2v) is 8.57. The van der Waals surface area contributed by atoms with Crippen LogP contribution in [0.1, 0.15) is 16.7 Å². The molecule has 2 aromatic carbocycles. The molecule has 3 rings (SSSR count). The van der Waals surface area contributed by atoms with Gasteiger partial charge in [0, 0.05) is 31.5 Å². The van der Waals surface area contributed by atoms with Crippen LogP contribution in [0, 0.1) is 18.6 Å². The van der Waals surface area contributed by atoms with Crippen molar-refractivity contribution in [1.29, 1.82) is 0 Å². The summed E-state index contributed by atoms with van der Waals surface area (Å²) >= 11 is 6.37. The number of benzene rings is 2. The number of rotatable bonds is 10. The molecule has 3 amide bonds. The molecule has 3 aromatic rings. The first-order valence-corrected chi connectivity index (χ1v) is 12.0. The number of nitrogens with zero attached hydrogens (tertiary/aromatic N) is 2. The summed E-state index contributed by atoms with van der Waals surface area (Å²) in [6.07, 6.45) is 1.82. The first kappa shape index (κ1) is 29.3. The van der Waals surface area contributed by atoms with Crippen LogP contribution in [0.25, 0.3) is 0 Å². The van der Waals surface area contributed by atoms with Crippen LogP contribution in [0.2, 0.25) is 5.02 Å². The monoisotopic (exact) mass is 561 g/mol. The van der Waals surface area contributed by atoms with Gasteiger partial charge in [-0.2, -0.15) is 0 Å². The molecule has 10 nitrogen and oxygen atoms in total. The zero-order valence-corrected chi connectivity index (χ0v) is 21.9. The normalized spacial score (nSPS) is 11.2. The van der Waals surface area contributed by atoms with Crippen LogP contribution in [-0.4, -0.2) is 48.6 Å². The second-order valence-electron chi connectivity index (χ2n) is 8.16. The third-order valence-electron chi connectivity index (χ3n) is 5.29. The standard InChI is InChI=1S/C26H26ClF2N5O5/c1-16-10-17(11-21(28)23(16)29)14-34(15-35)25(33-26(37)31-13-18-4-3-7-30-24(18)36)32-22-6-5-19(12-20(22)27)39-9-8-38-2/h3-7,10-12,15H,8-9,13-14H2,1-2H3,(H,30,36)(H2,31,32,33,37). The highest BCUT2D eigenvalue weighted by Gasteiger charge is 2.18. The van der Waals surface area contributed by atoms with Crippen molar-refractivity contribution in [3.05, 3.63) is 92.4 Å². The number of amides is 3. The van der Waals surface area contributed by atoms with Crippen molar-refractivity contribution >= 4 is 35.7 Å². The van der Waals surface area contributed by atoms with Crippen LogP contribution in [0.5, 0.6) is 5.75 Å². The first-order chi connectivity index (χ1) is 18.7. The molecule has 1 aromatic heterocycles. The molecule has 0 saturated carbocycles. The fraction of sp³-hybridized carbons (Fsp3) is 0.231. The molecule has 39 heavy (non-hydrogen) atoms. The van der Waals surface area contributed by atoms with E-state index in [4.69, 9.17) is 21.1 Å². The number of carbonyl (C=O) groups is 2. The summed E-state index contributed by atoms with van der Waals surface area (Å²) in [6, 6.07) is 9.26. The molecule has 0 bridgehead atoms. The van der Waals surface area contributed by atoms with Gasteiger partial charge in [0.05, 0.1) is 23.9 Å². The van der Waals surface area contributed by atoms with Crippen LogP contribution in [0.15, 0.2) is 58.4 Å². The summed E-state index contributed by atoms with van der Waals surface area (Å²) in [7, 11) is 1.54. The van der Waals surface area contributed by atoms with E-state index in [0.717, 1.165) is 11.0 Å². The van der Waals surface area contributed by atoms with Gasteiger partial charge < -0.3 is 19.8 Å². The summed E-state index contributed by atoms with van der Waals surface area (Å²) in [5, 5.41) is 5.12. The Morgan fingerprint density at radius 1 is 1.21 bits per heavy atom. The summed E-state index contributed by atoms with van der Waals surface area (Å²) in [5.41, 5.74) is 0.383. The number of pyridine rings is 1. The molecule has 0 aliphatic rings. The third kappa shape index (κ3) is 8.35. The topological polar surface area (TPSA) is 125 Å². The minimum atomic E-state index is -1.08. The summed E-state index contributed by atoms with van der Waals surface area (Å²) in [5.74, 6) is -1.90. The molecule has 13 heteroatoms. The lowest BCUT2D eigenvalue weighted by Crippen LogP contribution is -2.47. The van der Waals surface area contributed by atoms with Crippen molar-refractivity contribution < 1.29 is 27.8 Å². The molecule has 206 valence electrons. The fourth-order valence-corrected chi connectivity index (χ4v) is 3.57. The van der Waals surface area contributed by atoms with Gasteiger partial charge in [0.15, 0.2) is 11.6 Å². The average Bonchev–Trinajstić information content (AvgIpc) is 2.91. The Morgan fingerprint density at radius 3 is 2.67 bits per heavy atom. The van der Waals surface area contributed by atoms with Crippen molar-refractivity contribution in [1.82, 2.24) is 20.5 Å². The summed E-state index contributed by atoms with van der Waals surface area (Å²) < 4.78 is 38.2. The van der Waals surface area contributed by atoms with Gasteiger partial charge in [-0.1, -0.05) is 23.7 Å². The van der Waals surface area contributed by atoms with Gasteiger partial charge in [-0.25, -0.2) is 18.6 Å². The highest BCUT2D eigenvalue weighted by Crippen LogP contribution is 2.29. The van der Waals surface area contributed by atoms with Crippen molar-refractivity contribution in [3.63, 3.8) is 0 Å². The number of aryl methyl sites for hydroxylation is 1. The molecule has 0 atom stereocenters. The van der Waals surface area contributed by atoms with E-state index in [1.165, 1.54) is 44.5 Å². The smallest absolute Gasteiger partial charge is 0.321 e. The number of methoxy groups -OCH3 is 1. The number of guanidine groups is 1. The molecule has 0 aliphatic carbocycles. The zero-order valence-electron chi connectivity index (χ0n) is 21.1. The SMILES string of the molecule is COCCOc1ccc(N=C(NC(=O)NCc2ccc[nH]c2=O)N(C=O)Cc2cc(C)c(F)c(F)c2)c(Cl)c1. The number of ether oxygens (including phenoxy) is 2. The predicted molar refractivity (Wildman–Crippen MR) is 141 cm³/mol. The molecule has 0 spiro atoms. The van der Waals surface area contributed by atoms with E-state index in [9.17, 15) is 23.2 Å². The van der Waals surface area contributed by atoms with E-state index in [0.29, 0.717) is 30.9 Å². The molecule has 0 aliphatic heterocycles. The summed E-state index contributed by atoms with van der Waals surface area (Å²) in [4.78, 5) is 44.5. The van der Waals surface area contributed by atoms with E-state index in [1.54, 1.807) is 12.1 Å². The minimum Gasteiger partial charge on any atom is -0.491 e. The first-order valence-electron chi connectivity index (χ1n) is 11.6. The van der Waals surface area contributed by atoms with Crippen LogP contribution in [0.3, 0.4) is 0 Å². The molecule has 0 saturated heterocycles. The van der Waals surface area contributed by atoms with Gasteiger partial charge in [-0.3, -0.25) is 19.8 Å². The second kappa shape index (κ2) is 14.0. The average molecular weight is 562 g/mol. The molecular formula is C26H26ClF2N5O5. The number of aromatic nitrogens is 1. The Hall–Kier alpha value is -4.29. The highest BCUT2D eigenvalue weighted by molar-refractivity contribution is 6.33. The Morgan fingerprint density at radius 2 is 2.00 bits per heavy atom. The maximum Gasteiger partial charge on any atom is 0.321 e. The predicted octanol–water partition coefficient (Wildman–Crippen LogP) is 3.79. The number of hydrogen-bond donors (Lipinski definition) is 3. The number of aliphatic imine (C=N–C) groups is 1. The Kier molecular flexibility index (Phi) is 10.5. The van der Waals surface area contributed by atoms with Crippen LogP contribution < -0.4 is 20.9 Å². The van der Waals surface area contributed by atoms with Gasteiger partial charge in [-0.15, -0.1) is 0 Å². The van der Waals surface area contributed by atoms with E-state index >= 15 is 0 Å². The molecule has 0 radical (unpaired) electrons. The molecular weight excluding hydrogens is 536 g/mol. The largest absolute Gasteiger partial charge is 0.491 e. The van der Waals surface area contributed by atoms with Gasteiger partial charge >= 0.3 is 6.03 Å². The molecule has 1 heterocycles. The lowest BCUT2D eigenvalue weighted by molar-refractivity contribution is -0.115. The Balaban J connectivity index is 1.89. The number of aromatic amines is 1. The maximum absolute atomic E-state index is 14.0. The fourth-order valence-electron chi connectivity index (χ4n) is 3.35. The third-order valence-corrected chi connectivity index (χ3v) is 5.59. The number of urea groups is 1. The number of hydrogen-bond acceptors (Lipinski definition) is 6. The number of halogens is 3. The summed E-state index contributed by atoms with van der Waals surface area (Å²) in [6.45, 7) is 1.67. The maximum atomic E-state index is 14.0. The van der Waals surface area contributed by atoms with Crippen molar-refractivity contribution in [2.45, 2.75) is 20.0 Å².